The molecule has 1 unspecified atom stereocenters. The van der Waals surface area contributed by atoms with Gasteiger partial charge in [-0.05, 0) is 49.9 Å². The van der Waals surface area contributed by atoms with Gasteiger partial charge in [0.25, 0.3) is 5.91 Å². The van der Waals surface area contributed by atoms with E-state index in [4.69, 9.17) is 4.42 Å². The first-order valence-electron chi connectivity index (χ1n) is 9.64. The number of benzene rings is 1. The quantitative estimate of drug-likeness (QED) is 0.566. The van der Waals surface area contributed by atoms with Crippen molar-refractivity contribution in [3.05, 3.63) is 75.0 Å². The highest BCUT2D eigenvalue weighted by molar-refractivity contribution is 9.10. The Labute approximate surface area is 183 Å². The maximum atomic E-state index is 12.6. The Balaban J connectivity index is 1.71. The summed E-state index contributed by atoms with van der Waals surface area (Å²) in [5.74, 6) is 0.102. The topological polar surface area (TPSA) is 48.7 Å². The number of nitrogens with one attached hydrogen (secondary N) is 1. The second-order valence-corrected chi connectivity index (χ2v) is 9.54. The number of piperazine rings is 1. The molecule has 0 radical (unpaired) electrons. The van der Waals surface area contributed by atoms with Gasteiger partial charge in [0, 0.05) is 41.1 Å². The first-order valence-corrected chi connectivity index (χ1v) is 11.3. The Bertz CT molecular complexity index is 978. The molecular weight excluding hydrogens is 450 g/mol. The van der Waals surface area contributed by atoms with Crippen LogP contribution < -0.4 is 5.32 Å². The zero-order chi connectivity index (χ0) is 20.4. The van der Waals surface area contributed by atoms with Crippen molar-refractivity contribution in [2.75, 3.05) is 38.5 Å². The molecule has 7 heteroatoms. The summed E-state index contributed by atoms with van der Waals surface area (Å²) in [6, 6.07) is 14.1. The smallest absolute Gasteiger partial charge is 0.291 e. The standard InChI is InChI=1S/C22H24BrN3O2S/c1-15-13-18(22(29-15)24-21(27)19-7-4-12-28-19)20(16-5-3-6-17(23)14-16)26-10-8-25(2)9-11-26/h3-7,12-14,20H,8-11H2,1-2H3,(H,24,27). The van der Waals surface area contributed by atoms with Crippen molar-refractivity contribution in [2.45, 2.75) is 13.0 Å². The summed E-state index contributed by atoms with van der Waals surface area (Å²) < 4.78 is 6.33. The molecule has 1 atom stereocenters. The Hall–Kier alpha value is -1.93. The van der Waals surface area contributed by atoms with Crippen LogP contribution in [0.25, 0.3) is 0 Å². The van der Waals surface area contributed by atoms with Gasteiger partial charge in [0.2, 0.25) is 0 Å². The maximum absolute atomic E-state index is 12.6. The van der Waals surface area contributed by atoms with Crippen molar-refractivity contribution < 1.29 is 9.21 Å². The Kier molecular flexibility index (Phi) is 6.20. The lowest BCUT2D eigenvalue weighted by Crippen LogP contribution is -2.46. The van der Waals surface area contributed by atoms with E-state index < -0.39 is 0 Å². The zero-order valence-electron chi connectivity index (χ0n) is 16.5. The van der Waals surface area contributed by atoms with E-state index in [0.717, 1.165) is 41.2 Å². The van der Waals surface area contributed by atoms with Crippen LogP contribution in [0.3, 0.4) is 0 Å². The third-order valence-corrected chi connectivity index (χ3v) is 6.69. The van der Waals surface area contributed by atoms with E-state index in [1.165, 1.54) is 16.7 Å². The Morgan fingerprint density at radius 3 is 2.66 bits per heavy atom. The van der Waals surface area contributed by atoms with Gasteiger partial charge in [-0.2, -0.15) is 0 Å². The summed E-state index contributed by atoms with van der Waals surface area (Å²) in [6.45, 7) is 6.10. The van der Waals surface area contributed by atoms with E-state index >= 15 is 0 Å². The number of anilines is 1. The first kappa shape index (κ1) is 20.3. The molecule has 1 amide bonds. The number of rotatable bonds is 5. The second-order valence-electron chi connectivity index (χ2n) is 7.37. The molecule has 5 nitrogen and oxygen atoms in total. The number of furan rings is 1. The predicted octanol–water partition coefficient (Wildman–Crippen LogP) is 5.00. The number of hydrogen-bond acceptors (Lipinski definition) is 5. The number of carbonyl (C=O) groups is 1. The third-order valence-electron chi connectivity index (χ3n) is 5.22. The second kappa shape index (κ2) is 8.83. The number of thiophene rings is 1. The normalized spacial score (nSPS) is 16.7. The molecule has 1 N–H and O–H groups in total. The number of aryl methyl sites for hydroxylation is 1. The molecule has 1 aromatic carbocycles. The van der Waals surface area contributed by atoms with E-state index in [9.17, 15) is 4.79 Å². The summed E-state index contributed by atoms with van der Waals surface area (Å²) in [6.07, 6.45) is 1.52. The summed E-state index contributed by atoms with van der Waals surface area (Å²) in [5, 5.41) is 3.97. The van der Waals surface area contributed by atoms with Crippen molar-refractivity contribution in [1.82, 2.24) is 9.80 Å². The van der Waals surface area contributed by atoms with E-state index in [1.54, 1.807) is 23.5 Å². The number of carbonyl (C=O) groups excluding carboxylic acids is 1. The van der Waals surface area contributed by atoms with Crippen molar-refractivity contribution >= 4 is 38.2 Å². The highest BCUT2D eigenvalue weighted by Gasteiger charge is 2.29. The molecule has 0 bridgehead atoms. The Morgan fingerprint density at radius 2 is 1.97 bits per heavy atom. The van der Waals surface area contributed by atoms with Crippen LogP contribution in [0, 0.1) is 6.92 Å². The molecule has 1 aliphatic heterocycles. The van der Waals surface area contributed by atoms with Crippen LogP contribution in [0.4, 0.5) is 5.00 Å². The van der Waals surface area contributed by atoms with E-state index in [0.29, 0.717) is 5.76 Å². The molecule has 1 fully saturated rings. The van der Waals surface area contributed by atoms with E-state index in [1.807, 2.05) is 6.07 Å². The zero-order valence-corrected chi connectivity index (χ0v) is 18.9. The average molecular weight is 474 g/mol. The van der Waals surface area contributed by atoms with Crippen LogP contribution in [0.5, 0.6) is 0 Å². The van der Waals surface area contributed by atoms with Crippen molar-refractivity contribution in [3.63, 3.8) is 0 Å². The summed E-state index contributed by atoms with van der Waals surface area (Å²) >= 11 is 5.23. The molecule has 4 rings (SSSR count). The van der Waals surface area contributed by atoms with Crippen LogP contribution in [0.1, 0.15) is 32.6 Å². The first-order chi connectivity index (χ1) is 14.0. The van der Waals surface area contributed by atoms with E-state index in [2.05, 4.69) is 69.3 Å². The number of hydrogen-bond donors (Lipinski definition) is 1. The van der Waals surface area contributed by atoms with Crippen LogP contribution in [0.2, 0.25) is 0 Å². The highest BCUT2D eigenvalue weighted by atomic mass is 79.9. The third kappa shape index (κ3) is 4.64. The van der Waals surface area contributed by atoms with Gasteiger partial charge >= 0.3 is 0 Å². The van der Waals surface area contributed by atoms with Gasteiger partial charge in [-0.3, -0.25) is 9.69 Å². The van der Waals surface area contributed by atoms with Gasteiger partial charge in [-0.15, -0.1) is 11.3 Å². The van der Waals surface area contributed by atoms with Crippen molar-refractivity contribution in [2.24, 2.45) is 0 Å². The van der Waals surface area contributed by atoms with Crippen LogP contribution >= 0.6 is 27.3 Å². The molecule has 1 saturated heterocycles. The van der Waals surface area contributed by atoms with Gasteiger partial charge in [0.1, 0.15) is 5.00 Å². The fourth-order valence-electron chi connectivity index (χ4n) is 3.75. The highest BCUT2D eigenvalue weighted by Crippen LogP contribution is 2.40. The fourth-order valence-corrected chi connectivity index (χ4v) is 5.11. The maximum Gasteiger partial charge on any atom is 0.291 e. The number of likely N-dealkylation sites (N-methyl/N-ethyl adjacent to an activating group) is 1. The lowest BCUT2D eigenvalue weighted by molar-refractivity contribution is 0.0996. The lowest BCUT2D eigenvalue weighted by Gasteiger charge is -2.38. The molecular formula is C22H24BrN3O2S. The van der Waals surface area contributed by atoms with Gasteiger partial charge in [0.05, 0.1) is 12.3 Å². The monoisotopic (exact) mass is 473 g/mol. The molecule has 0 spiro atoms. The van der Waals surface area contributed by atoms with Crippen LogP contribution in [0.15, 0.2) is 57.6 Å². The van der Waals surface area contributed by atoms with Gasteiger partial charge in [-0.1, -0.05) is 28.1 Å². The Morgan fingerprint density at radius 1 is 1.17 bits per heavy atom. The van der Waals surface area contributed by atoms with Gasteiger partial charge in [0.15, 0.2) is 5.76 Å². The molecule has 0 aliphatic carbocycles. The molecule has 152 valence electrons. The predicted molar refractivity (Wildman–Crippen MR) is 121 cm³/mol. The van der Waals surface area contributed by atoms with Gasteiger partial charge < -0.3 is 14.6 Å². The lowest BCUT2D eigenvalue weighted by atomic mass is 9.97. The molecule has 29 heavy (non-hydrogen) atoms. The summed E-state index contributed by atoms with van der Waals surface area (Å²) in [7, 11) is 2.16. The minimum absolute atomic E-state index is 0.0815. The molecule has 1 aliphatic rings. The van der Waals surface area contributed by atoms with Crippen molar-refractivity contribution in [1.29, 1.82) is 0 Å². The summed E-state index contributed by atoms with van der Waals surface area (Å²) in [5.41, 5.74) is 2.35. The van der Waals surface area contributed by atoms with Crippen LogP contribution in [-0.4, -0.2) is 48.9 Å². The van der Waals surface area contributed by atoms with Gasteiger partial charge in [-0.25, -0.2) is 0 Å². The number of halogens is 1. The average Bonchev–Trinajstić information content (AvgIpc) is 3.34. The molecule has 3 aromatic rings. The minimum Gasteiger partial charge on any atom is -0.459 e. The summed E-state index contributed by atoms with van der Waals surface area (Å²) in [4.78, 5) is 18.7. The number of amides is 1. The number of nitrogens with zero attached hydrogens (tertiary/aromatic N) is 2. The largest absolute Gasteiger partial charge is 0.459 e. The van der Waals surface area contributed by atoms with E-state index in [-0.39, 0.29) is 11.9 Å². The SMILES string of the molecule is Cc1cc(C(c2cccc(Br)c2)N2CCN(C)CC2)c(NC(=O)c2ccco2)s1. The van der Waals surface area contributed by atoms with Crippen molar-refractivity contribution in [3.8, 4) is 0 Å². The molecule has 2 aromatic heterocycles. The fraction of sp³-hybridized carbons (Fsp3) is 0.318. The molecule has 0 saturated carbocycles. The molecule has 3 heterocycles. The minimum atomic E-state index is -0.218. The van der Waals surface area contributed by atoms with Crippen LogP contribution in [-0.2, 0) is 0 Å².